The van der Waals surface area contributed by atoms with Crippen LogP contribution in [0.15, 0.2) is 0 Å². The molecule has 2 aliphatic rings. The number of hydrogen-bond acceptors (Lipinski definition) is 10. The summed E-state index contributed by atoms with van der Waals surface area (Å²) in [7, 11) is 0. The van der Waals surface area contributed by atoms with Gasteiger partial charge in [-0.25, -0.2) is 0 Å². The lowest BCUT2D eigenvalue weighted by atomic mass is 9.93. The summed E-state index contributed by atoms with van der Waals surface area (Å²) < 4.78 is 16.1. The summed E-state index contributed by atoms with van der Waals surface area (Å²) in [5.41, 5.74) is 0. The van der Waals surface area contributed by atoms with Crippen LogP contribution in [-0.4, -0.2) is 110 Å². The molecule has 0 aliphatic carbocycles. The Morgan fingerprint density at radius 1 is 0.692 bits per heavy atom. The molecular weight excluding hydrogens is 352 g/mol. The van der Waals surface area contributed by atoms with Gasteiger partial charge in [-0.05, 0) is 6.42 Å². The summed E-state index contributed by atoms with van der Waals surface area (Å²) in [5.74, 6) is 0. The summed E-state index contributed by atoms with van der Waals surface area (Å²) in [6.45, 7) is 4.61. The van der Waals surface area contributed by atoms with Crippen molar-refractivity contribution in [1.29, 1.82) is 0 Å². The minimum absolute atomic E-state index is 0.404. The Bertz CT molecular complexity index is 393. The van der Waals surface area contributed by atoms with Crippen molar-refractivity contribution < 1.29 is 50.0 Å². The maximum Gasteiger partial charge on any atom is 0.187 e. The standard InChI is InChI=1S/C14H26O10.C2H6/c1-2-5-8(17)11(20)13(7(4-16)22-5)24-14-12(21)10(19)9(18)6(3-15)23-14;1-2/h5-21H,2-4H2,1H3;1-2H3/t5?,6?,7?,8-,9+,10?,11?,12+,13?,14?;/m0./s1. The second kappa shape index (κ2) is 10.8. The van der Waals surface area contributed by atoms with Gasteiger partial charge in [0.15, 0.2) is 6.29 Å². The molecule has 10 atom stereocenters. The van der Waals surface area contributed by atoms with Gasteiger partial charge in [-0.1, -0.05) is 20.8 Å². The van der Waals surface area contributed by atoms with Crippen LogP contribution >= 0.6 is 0 Å². The molecule has 0 spiro atoms. The van der Waals surface area contributed by atoms with Crippen molar-refractivity contribution in [2.24, 2.45) is 0 Å². The normalized spacial score (nSPS) is 46.4. The maximum absolute atomic E-state index is 10.2. The Morgan fingerprint density at radius 2 is 1.23 bits per heavy atom. The third-order valence-corrected chi connectivity index (χ3v) is 4.51. The summed E-state index contributed by atoms with van der Waals surface area (Å²) >= 11 is 0. The van der Waals surface area contributed by atoms with E-state index < -0.39 is 74.4 Å². The fraction of sp³-hybridized carbons (Fsp3) is 1.00. The van der Waals surface area contributed by atoms with Gasteiger partial charge in [0.1, 0.15) is 48.8 Å². The van der Waals surface area contributed by atoms with E-state index in [-0.39, 0.29) is 0 Å². The summed E-state index contributed by atoms with van der Waals surface area (Å²) in [4.78, 5) is 0. The second-order valence-electron chi connectivity index (χ2n) is 6.08. The Labute approximate surface area is 152 Å². The van der Waals surface area contributed by atoms with Gasteiger partial charge in [0, 0.05) is 0 Å². The van der Waals surface area contributed by atoms with Crippen molar-refractivity contribution in [2.75, 3.05) is 13.2 Å². The topological polar surface area (TPSA) is 169 Å². The van der Waals surface area contributed by atoms with E-state index in [2.05, 4.69) is 0 Å². The third-order valence-electron chi connectivity index (χ3n) is 4.51. The number of rotatable bonds is 5. The van der Waals surface area contributed by atoms with E-state index in [1.165, 1.54) is 0 Å². The number of ether oxygens (including phenoxy) is 3. The fourth-order valence-electron chi connectivity index (χ4n) is 3.00. The summed E-state index contributed by atoms with van der Waals surface area (Å²) in [6, 6.07) is 0. The van der Waals surface area contributed by atoms with Gasteiger partial charge in [0.05, 0.1) is 19.3 Å². The monoisotopic (exact) mass is 384 g/mol. The molecular formula is C16H32O10. The van der Waals surface area contributed by atoms with Crippen molar-refractivity contribution in [3.05, 3.63) is 0 Å². The smallest absolute Gasteiger partial charge is 0.187 e. The highest BCUT2D eigenvalue weighted by molar-refractivity contribution is 4.95. The molecule has 0 saturated carbocycles. The first-order chi connectivity index (χ1) is 12.3. The molecule has 2 aliphatic heterocycles. The fourth-order valence-corrected chi connectivity index (χ4v) is 3.00. The zero-order valence-electron chi connectivity index (χ0n) is 15.3. The van der Waals surface area contributed by atoms with Crippen molar-refractivity contribution >= 4 is 0 Å². The molecule has 0 aromatic heterocycles. The highest BCUT2D eigenvalue weighted by atomic mass is 16.7. The molecule has 7 N–H and O–H groups in total. The lowest BCUT2D eigenvalue weighted by molar-refractivity contribution is -0.342. The van der Waals surface area contributed by atoms with Crippen LogP contribution in [0.1, 0.15) is 27.2 Å². The molecule has 2 saturated heterocycles. The number of hydrogen-bond donors (Lipinski definition) is 7. The maximum atomic E-state index is 10.2. The van der Waals surface area contributed by atoms with E-state index in [4.69, 9.17) is 19.3 Å². The van der Waals surface area contributed by atoms with Crippen LogP contribution < -0.4 is 0 Å². The van der Waals surface area contributed by atoms with Gasteiger partial charge < -0.3 is 50.0 Å². The predicted molar refractivity (Wildman–Crippen MR) is 88.0 cm³/mol. The van der Waals surface area contributed by atoms with Crippen LogP contribution in [0.25, 0.3) is 0 Å². The average Bonchev–Trinajstić information content (AvgIpc) is 2.67. The van der Waals surface area contributed by atoms with Crippen molar-refractivity contribution in [3.63, 3.8) is 0 Å². The molecule has 10 nitrogen and oxygen atoms in total. The van der Waals surface area contributed by atoms with Gasteiger partial charge in [0.2, 0.25) is 0 Å². The Balaban J connectivity index is 0.00000163. The minimum atomic E-state index is -1.66. The van der Waals surface area contributed by atoms with Crippen LogP contribution in [0.5, 0.6) is 0 Å². The second-order valence-corrected chi connectivity index (χ2v) is 6.08. The van der Waals surface area contributed by atoms with Gasteiger partial charge in [0.25, 0.3) is 0 Å². The van der Waals surface area contributed by atoms with Gasteiger partial charge >= 0.3 is 0 Å². The molecule has 7 unspecified atom stereocenters. The molecule has 2 heterocycles. The average molecular weight is 384 g/mol. The van der Waals surface area contributed by atoms with Gasteiger partial charge in [-0.3, -0.25) is 0 Å². The SMILES string of the molecule is CC.CCC1OC(CO)C(OC2OC(CO)[C@@H](O)C(O)[C@H]2O)C(O)[C@H]1O. The van der Waals surface area contributed by atoms with E-state index in [0.717, 1.165) is 0 Å². The molecule has 156 valence electrons. The van der Waals surface area contributed by atoms with Crippen molar-refractivity contribution in [2.45, 2.75) is 88.4 Å². The molecule has 0 aromatic rings. The molecule has 10 heteroatoms. The van der Waals surface area contributed by atoms with E-state index in [9.17, 15) is 30.6 Å². The lowest BCUT2D eigenvalue weighted by Crippen LogP contribution is -2.64. The Kier molecular flexibility index (Phi) is 9.83. The first kappa shape index (κ1) is 23.6. The molecule has 0 radical (unpaired) electrons. The third kappa shape index (κ3) is 4.90. The Morgan fingerprint density at radius 3 is 1.73 bits per heavy atom. The zero-order chi connectivity index (χ0) is 20.0. The van der Waals surface area contributed by atoms with E-state index in [1.807, 2.05) is 13.8 Å². The highest BCUT2D eigenvalue weighted by Crippen LogP contribution is 2.29. The van der Waals surface area contributed by atoms with Crippen LogP contribution in [0.4, 0.5) is 0 Å². The number of aliphatic hydroxyl groups excluding tert-OH is 7. The predicted octanol–water partition coefficient (Wildman–Crippen LogP) is -2.91. The van der Waals surface area contributed by atoms with E-state index in [1.54, 1.807) is 6.92 Å². The van der Waals surface area contributed by atoms with Crippen molar-refractivity contribution in [1.82, 2.24) is 0 Å². The van der Waals surface area contributed by atoms with Crippen molar-refractivity contribution in [3.8, 4) is 0 Å². The van der Waals surface area contributed by atoms with Crippen LogP contribution in [0.3, 0.4) is 0 Å². The van der Waals surface area contributed by atoms with Crippen LogP contribution in [-0.2, 0) is 14.2 Å². The molecule has 0 amide bonds. The first-order valence-corrected chi connectivity index (χ1v) is 8.94. The molecule has 2 fully saturated rings. The van der Waals surface area contributed by atoms with E-state index >= 15 is 0 Å². The van der Waals surface area contributed by atoms with Crippen LogP contribution in [0.2, 0.25) is 0 Å². The zero-order valence-corrected chi connectivity index (χ0v) is 15.3. The molecule has 26 heavy (non-hydrogen) atoms. The Hall–Kier alpha value is -0.400. The van der Waals surface area contributed by atoms with Gasteiger partial charge in [-0.15, -0.1) is 0 Å². The van der Waals surface area contributed by atoms with Gasteiger partial charge in [-0.2, -0.15) is 0 Å². The number of aliphatic hydroxyl groups is 7. The molecule has 0 aromatic carbocycles. The first-order valence-electron chi connectivity index (χ1n) is 8.94. The quantitative estimate of drug-likeness (QED) is 0.261. The summed E-state index contributed by atoms with van der Waals surface area (Å²) in [6.07, 6.45) is -12.7. The van der Waals surface area contributed by atoms with Crippen LogP contribution in [0, 0.1) is 0 Å². The highest BCUT2D eigenvalue weighted by Gasteiger charge is 2.49. The minimum Gasteiger partial charge on any atom is -0.394 e. The summed E-state index contributed by atoms with van der Waals surface area (Å²) in [5, 5.41) is 68.3. The lowest BCUT2D eigenvalue weighted by Gasteiger charge is -2.46. The van der Waals surface area contributed by atoms with E-state index in [0.29, 0.717) is 6.42 Å². The molecule has 2 rings (SSSR count). The largest absolute Gasteiger partial charge is 0.394 e. The molecule has 0 bridgehead atoms.